The molecule has 0 aliphatic carbocycles. The van der Waals surface area contributed by atoms with Crippen LogP contribution in [-0.2, 0) is 12.6 Å². The zero-order valence-electron chi connectivity index (χ0n) is 14.4. The van der Waals surface area contributed by atoms with Crippen molar-refractivity contribution >= 4 is 39.3 Å². The second-order valence-corrected chi connectivity index (χ2v) is 7.77. The lowest BCUT2D eigenvalue weighted by molar-refractivity contribution is -0.137. The Labute approximate surface area is 169 Å². The highest BCUT2D eigenvalue weighted by molar-refractivity contribution is 14.1. The Bertz CT molecular complexity index is 811. The van der Waals surface area contributed by atoms with E-state index in [0.717, 1.165) is 27.0 Å². The molecule has 0 radical (unpaired) electrons. The van der Waals surface area contributed by atoms with E-state index in [4.69, 9.17) is 4.74 Å². The van der Waals surface area contributed by atoms with Crippen LogP contribution in [0.1, 0.15) is 22.3 Å². The van der Waals surface area contributed by atoms with Crippen LogP contribution in [0.25, 0.3) is 4.91 Å². The molecular formula is C20H18F3IOS. The average molecular weight is 490 g/mol. The van der Waals surface area contributed by atoms with Crippen molar-refractivity contribution in [3.8, 4) is 5.75 Å². The first-order chi connectivity index (χ1) is 12.2. The van der Waals surface area contributed by atoms with Gasteiger partial charge in [0, 0.05) is 8.48 Å². The number of rotatable bonds is 6. The summed E-state index contributed by atoms with van der Waals surface area (Å²) in [5.41, 5.74) is 2.30. The van der Waals surface area contributed by atoms with Crippen LogP contribution in [0.5, 0.6) is 5.75 Å². The van der Waals surface area contributed by atoms with Crippen molar-refractivity contribution in [2.45, 2.75) is 19.5 Å². The minimum Gasteiger partial charge on any atom is -0.496 e. The first kappa shape index (κ1) is 20.9. The lowest BCUT2D eigenvalue weighted by Gasteiger charge is -2.10. The van der Waals surface area contributed by atoms with Gasteiger partial charge in [0.25, 0.3) is 0 Å². The average Bonchev–Trinajstić information content (AvgIpc) is 2.60. The van der Waals surface area contributed by atoms with Gasteiger partial charge in [-0.15, -0.1) is 0 Å². The maximum absolute atomic E-state index is 12.6. The van der Waals surface area contributed by atoms with Crippen molar-refractivity contribution in [3.05, 3.63) is 80.3 Å². The topological polar surface area (TPSA) is 9.23 Å². The molecule has 0 atom stereocenters. The predicted octanol–water partition coefficient (Wildman–Crippen LogP) is 7.09. The van der Waals surface area contributed by atoms with Crippen molar-refractivity contribution < 1.29 is 17.9 Å². The third-order valence-electron chi connectivity index (χ3n) is 3.74. The van der Waals surface area contributed by atoms with E-state index >= 15 is 0 Å². The molecule has 0 spiro atoms. The number of halogens is 4. The van der Waals surface area contributed by atoms with Gasteiger partial charge in [0.2, 0.25) is 0 Å². The number of ether oxygens (including phenoxy) is 1. The van der Waals surface area contributed by atoms with Crippen molar-refractivity contribution in [2.75, 3.05) is 7.11 Å². The van der Waals surface area contributed by atoms with Crippen molar-refractivity contribution in [1.29, 1.82) is 0 Å². The van der Waals surface area contributed by atoms with Crippen molar-refractivity contribution in [1.82, 2.24) is 0 Å². The minimum atomic E-state index is -4.32. The fourth-order valence-corrected chi connectivity index (χ4v) is 3.36. The molecule has 0 aliphatic heterocycles. The third kappa shape index (κ3) is 5.54. The Morgan fingerprint density at radius 2 is 1.88 bits per heavy atom. The maximum Gasteiger partial charge on any atom is 0.416 e. The van der Waals surface area contributed by atoms with Crippen molar-refractivity contribution in [3.63, 3.8) is 0 Å². The van der Waals surface area contributed by atoms with Gasteiger partial charge in [0.05, 0.1) is 12.7 Å². The van der Waals surface area contributed by atoms with Gasteiger partial charge in [0.1, 0.15) is 5.75 Å². The summed E-state index contributed by atoms with van der Waals surface area (Å²) in [6, 6.07) is 9.14. The smallest absolute Gasteiger partial charge is 0.416 e. The second-order valence-electron chi connectivity index (χ2n) is 5.61. The summed E-state index contributed by atoms with van der Waals surface area (Å²) < 4.78 is 44.4. The van der Waals surface area contributed by atoms with Crippen LogP contribution < -0.4 is 4.74 Å². The Hall–Kier alpha value is -1.41. The molecule has 2 aromatic rings. The number of allylic oxidation sites excluding steroid dienone is 1. The fraction of sp³-hybridized carbons (Fsp3) is 0.200. The van der Waals surface area contributed by atoms with E-state index in [0.29, 0.717) is 16.9 Å². The van der Waals surface area contributed by atoms with Crippen LogP contribution in [0.2, 0.25) is 0 Å². The molecule has 2 rings (SSSR count). The van der Waals surface area contributed by atoms with E-state index in [1.165, 1.54) is 29.5 Å². The molecule has 2 aromatic carbocycles. The van der Waals surface area contributed by atoms with Crippen LogP contribution in [0.15, 0.2) is 54.5 Å². The molecule has 0 fully saturated rings. The van der Waals surface area contributed by atoms with E-state index in [1.54, 1.807) is 7.11 Å². The molecule has 1 nitrogen and oxygen atoms in total. The fourth-order valence-electron chi connectivity index (χ4n) is 2.29. The molecule has 0 aromatic heterocycles. The van der Waals surface area contributed by atoms with Crippen LogP contribution in [-0.4, -0.2) is 7.11 Å². The number of hydrogen-bond acceptors (Lipinski definition) is 2. The SMILES string of the molecule is C=C(S/C=C/Cc1cc(C)c(I)cc1OC)c1ccc(C(F)(F)F)cc1. The first-order valence-corrected chi connectivity index (χ1v) is 9.69. The van der Waals surface area contributed by atoms with Gasteiger partial charge in [-0.25, -0.2) is 0 Å². The molecule has 138 valence electrons. The molecule has 0 amide bonds. The molecule has 26 heavy (non-hydrogen) atoms. The summed E-state index contributed by atoms with van der Waals surface area (Å²) >= 11 is 3.66. The number of methoxy groups -OCH3 is 1. The molecule has 0 N–H and O–H groups in total. The van der Waals surface area contributed by atoms with Gasteiger partial charge >= 0.3 is 6.18 Å². The molecule has 0 saturated carbocycles. The lowest BCUT2D eigenvalue weighted by atomic mass is 10.1. The van der Waals surface area contributed by atoms with Gasteiger partial charge in [-0.05, 0) is 76.2 Å². The Balaban J connectivity index is 1.98. The molecule has 0 heterocycles. The summed E-state index contributed by atoms with van der Waals surface area (Å²) in [6.07, 6.45) is -1.63. The largest absolute Gasteiger partial charge is 0.496 e. The molecule has 6 heteroatoms. The van der Waals surface area contributed by atoms with Crippen LogP contribution in [0, 0.1) is 10.5 Å². The highest BCUT2D eigenvalue weighted by Crippen LogP contribution is 2.32. The number of alkyl halides is 3. The first-order valence-electron chi connectivity index (χ1n) is 7.73. The van der Waals surface area contributed by atoms with E-state index in [-0.39, 0.29) is 0 Å². The normalized spacial score (nSPS) is 11.8. The third-order valence-corrected chi connectivity index (χ3v) is 5.75. The number of hydrogen-bond donors (Lipinski definition) is 0. The van der Waals surface area contributed by atoms with Gasteiger partial charge in [0.15, 0.2) is 0 Å². The van der Waals surface area contributed by atoms with Gasteiger partial charge in [-0.1, -0.05) is 42.6 Å². The van der Waals surface area contributed by atoms with Gasteiger partial charge < -0.3 is 4.74 Å². The Morgan fingerprint density at radius 3 is 2.46 bits per heavy atom. The zero-order valence-corrected chi connectivity index (χ0v) is 17.3. The summed E-state index contributed by atoms with van der Waals surface area (Å²) in [4.78, 5) is 0.695. The van der Waals surface area contributed by atoms with E-state index in [2.05, 4.69) is 42.2 Å². The monoisotopic (exact) mass is 490 g/mol. The lowest BCUT2D eigenvalue weighted by Crippen LogP contribution is -2.04. The standard InChI is InChI=1S/C20H18F3IOS/c1-13-11-16(19(25-3)12-18(13)24)5-4-10-26-14(2)15-6-8-17(9-7-15)20(21,22)23/h4,6-12H,2,5H2,1,3H3/b10-4+. The maximum atomic E-state index is 12.6. The highest BCUT2D eigenvalue weighted by Gasteiger charge is 2.29. The summed E-state index contributed by atoms with van der Waals surface area (Å²) in [6.45, 7) is 5.98. The van der Waals surface area contributed by atoms with Crippen LogP contribution in [0.3, 0.4) is 0 Å². The van der Waals surface area contributed by atoms with E-state index in [9.17, 15) is 13.2 Å². The van der Waals surface area contributed by atoms with Gasteiger partial charge in [-0.2, -0.15) is 13.2 Å². The van der Waals surface area contributed by atoms with Crippen molar-refractivity contribution in [2.24, 2.45) is 0 Å². The van der Waals surface area contributed by atoms with Crippen LogP contribution >= 0.6 is 34.4 Å². The van der Waals surface area contributed by atoms with E-state index in [1.807, 2.05) is 17.6 Å². The summed E-state index contributed by atoms with van der Waals surface area (Å²) in [5, 5.41) is 1.90. The predicted molar refractivity (Wildman–Crippen MR) is 111 cm³/mol. The van der Waals surface area contributed by atoms with E-state index < -0.39 is 11.7 Å². The van der Waals surface area contributed by atoms with Crippen LogP contribution in [0.4, 0.5) is 13.2 Å². The van der Waals surface area contributed by atoms with Gasteiger partial charge in [-0.3, -0.25) is 0 Å². The number of aryl methyl sites for hydroxylation is 1. The zero-order chi connectivity index (χ0) is 19.3. The molecule has 0 unspecified atom stereocenters. The summed E-state index contributed by atoms with van der Waals surface area (Å²) in [5.74, 6) is 0.844. The second kappa shape index (κ2) is 8.99. The molecular weight excluding hydrogens is 472 g/mol. The molecule has 0 saturated heterocycles. The highest BCUT2D eigenvalue weighted by atomic mass is 127. The molecule has 0 aliphatic rings. The Kier molecular flexibility index (Phi) is 7.23. The molecule has 0 bridgehead atoms. The quantitative estimate of drug-likeness (QED) is 0.400. The minimum absolute atomic E-state index is 0.657. The Morgan fingerprint density at radius 1 is 1.23 bits per heavy atom. The number of benzene rings is 2. The summed E-state index contributed by atoms with van der Waals surface area (Å²) in [7, 11) is 1.65. The number of thioether (sulfide) groups is 1.